The van der Waals surface area contributed by atoms with Crippen LogP contribution in [0.4, 0.5) is 11.4 Å². The van der Waals surface area contributed by atoms with Crippen molar-refractivity contribution in [3.63, 3.8) is 0 Å². The topological polar surface area (TPSA) is 124 Å². The van der Waals surface area contributed by atoms with Gasteiger partial charge in [0, 0.05) is 36.7 Å². The second kappa shape index (κ2) is 4.32. The maximum atomic E-state index is 12.2. The van der Waals surface area contributed by atoms with Crippen molar-refractivity contribution in [2.75, 3.05) is 7.05 Å². The highest BCUT2D eigenvalue weighted by Gasteiger charge is 2.33. The van der Waals surface area contributed by atoms with Gasteiger partial charge in [-0.3, -0.25) is 34.7 Å². The number of benzene rings is 2. The molecule has 0 aromatic heterocycles. The van der Waals surface area contributed by atoms with E-state index in [-0.39, 0.29) is 33.3 Å². The van der Waals surface area contributed by atoms with Gasteiger partial charge in [-0.2, -0.15) is 0 Å². The van der Waals surface area contributed by atoms with E-state index in [4.69, 9.17) is 0 Å². The molecule has 1 aliphatic rings. The molecule has 0 N–H and O–H groups in total. The number of carbonyl (C=O) groups is 2. The summed E-state index contributed by atoms with van der Waals surface area (Å²) in [5, 5.41) is 22.2. The minimum atomic E-state index is -0.696. The highest BCUT2D eigenvalue weighted by molar-refractivity contribution is 6.26. The van der Waals surface area contributed by atoms with Crippen molar-refractivity contribution in [1.82, 2.24) is 4.90 Å². The summed E-state index contributed by atoms with van der Waals surface area (Å²) in [6, 6.07) is 4.37. The van der Waals surface area contributed by atoms with E-state index in [0.717, 1.165) is 29.2 Å². The lowest BCUT2D eigenvalue weighted by molar-refractivity contribution is -0.385. The number of nitrogens with zero attached hydrogens (tertiary/aromatic N) is 3. The van der Waals surface area contributed by atoms with Crippen molar-refractivity contribution in [3.8, 4) is 0 Å². The highest BCUT2D eigenvalue weighted by atomic mass is 16.6. The Hall–Kier alpha value is -3.36. The van der Waals surface area contributed by atoms with Crippen LogP contribution in [0, 0.1) is 20.2 Å². The van der Waals surface area contributed by atoms with E-state index in [1.54, 1.807) is 0 Å². The molecular weight excluding hydrogens is 294 g/mol. The lowest BCUT2D eigenvalue weighted by atomic mass is 9.93. The summed E-state index contributed by atoms with van der Waals surface area (Å²) in [5.74, 6) is -1.36. The molecular formula is C13H7N3O6. The average molecular weight is 301 g/mol. The zero-order chi connectivity index (χ0) is 16.2. The number of hydrogen-bond donors (Lipinski definition) is 0. The van der Waals surface area contributed by atoms with E-state index in [2.05, 4.69) is 0 Å². The molecule has 0 saturated heterocycles. The molecule has 2 amide bonds. The van der Waals surface area contributed by atoms with Crippen LogP contribution in [0.15, 0.2) is 24.3 Å². The summed E-state index contributed by atoms with van der Waals surface area (Å²) in [6.07, 6.45) is 0. The first kappa shape index (κ1) is 13.6. The average Bonchev–Trinajstić information content (AvgIpc) is 2.48. The van der Waals surface area contributed by atoms with Gasteiger partial charge in [0.25, 0.3) is 23.2 Å². The van der Waals surface area contributed by atoms with Crippen molar-refractivity contribution in [1.29, 1.82) is 0 Å². The summed E-state index contributed by atoms with van der Waals surface area (Å²) in [6.45, 7) is 0. The van der Waals surface area contributed by atoms with Crippen molar-refractivity contribution in [2.45, 2.75) is 0 Å². The number of nitro benzene ring substituents is 2. The Morgan fingerprint density at radius 3 is 1.64 bits per heavy atom. The predicted octanol–water partition coefficient (Wildman–Crippen LogP) is 1.88. The van der Waals surface area contributed by atoms with Gasteiger partial charge in [0.15, 0.2) is 0 Å². The van der Waals surface area contributed by atoms with Crippen molar-refractivity contribution >= 4 is 34.0 Å². The molecule has 3 rings (SSSR count). The molecule has 0 radical (unpaired) electrons. The third-order valence-electron chi connectivity index (χ3n) is 3.51. The Kier molecular flexibility index (Phi) is 2.67. The number of carbonyl (C=O) groups excluding carboxylic acids is 2. The van der Waals surface area contributed by atoms with Crippen molar-refractivity contribution < 1.29 is 19.4 Å². The normalized spacial score (nSPS) is 13.6. The minimum Gasteiger partial charge on any atom is -0.277 e. The Labute approximate surface area is 122 Å². The maximum absolute atomic E-state index is 12.2. The second-order valence-electron chi connectivity index (χ2n) is 4.77. The Morgan fingerprint density at radius 1 is 0.864 bits per heavy atom. The van der Waals surface area contributed by atoms with E-state index in [0.29, 0.717) is 0 Å². The van der Waals surface area contributed by atoms with E-state index >= 15 is 0 Å². The summed E-state index contributed by atoms with van der Waals surface area (Å²) in [5.41, 5.74) is -0.775. The van der Waals surface area contributed by atoms with E-state index in [9.17, 15) is 29.8 Å². The largest absolute Gasteiger partial charge is 0.277 e. The summed E-state index contributed by atoms with van der Waals surface area (Å²) in [7, 11) is 1.22. The standard InChI is InChI=1S/C13H7N3O6/c1-14-12(17)9-4-7(15(19)20)2-6-3-8(16(21)22)5-10(11(6)9)13(14)18/h2-5H,1H3. The van der Waals surface area contributed by atoms with Crippen molar-refractivity contribution in [2.24, 2.45) is 0 Å². The van der Waals surface area contributed by atoms with Gasteiger partial charge < -0.3 is 0 Å². The van der Waals surface area contributed by atoms with Gasteiger partial charge >= 0.3 is 0 Å². The molecule has 0 aliphatic carbocycles. The molecule has 1 heterocycles. The number of non-ortho nitro benzene ring substituents is 2. The molecule has 0 bridgehead atoms. The highest BCUT2D eigenvalue weighted by Crippen LogP contribution is 2.35. The van der Waals surface area contributed by atoms with Crippen molar-refractivity contribution in [3.05, 3.63) is 55.6 Å². The minimum absolute atomic E-state index is 0.0174. The molecule has 0 atom stereocenters. The third kappa shape index (κ3) is 1.72. The fourth-order valence-corrected chi connectivity index (χ4v) is 2.49. The number of nitro groups is 2. The lowest BCUT2D eigenvalue weighted by Gasteiger charge is -2.23. The van der Waals surface area contributed by atoms with Gasteiger partial charge in [-0.05, 0) is 5.39 Å². The Balaban J connectivity index is 2.50. The first-order chi connectivity index (χ1) is 10.3. The molecule has 0 unspecified atom stereocenters. The molecule has 2 aromatic carbocycles. The molecule has 1 aliphatic heterocycles. The van der Waals surface area contributed by atoms with Crippen LogP contribution in [0.25, 0.3) is 10.8 Å². The Morgan fingerprint density at radius 2 is 1.27 bits per heavy atom. The van der Waals surface area contributed by atoms with Crippen LogP contribution < -0.4 is 0 Å². The summed E-state index contributed by atoms with van der Waals surface area (Å²) < 4.78 is 0. The van der Waals surface area contributed by atoms with Crippen LogP contribution >= 0.6 is 0 Å². The number of rotatable bonds is 2. The smallest absolute Gasteiger partial charge is 0.270 e. The molecule has 2 aromatic rings. The van der Waals surface area contributed by atoms with Gasteiger partial charge in [-0.1, -0.05) is 0 Å². The molecule has 0 saturated carbocycles. The molecule has 22 heavy (non-hydrogen) atoms. The van der Waals surface area contributed by atoms with Gasteiger partial charge in [0.2, 0.25) is 0 Å². The third-order valence-corrected chi connectivity index (χ3v) is 3.51. The monoisotopic (exact) mass is 301 g/mol. The van der Waals surface area contributed by atoms with Crippen LogP contribution in [-0.2, 0) is 0 Å². The van der Waals surface area contributed by atoms with Crippen LogP contribution in [-0.4, -0.2) is 33.6 Å². The fourth-order valence-electron chi connectivity index (χ4n) is 2.49. The fraction of sp³-hybridized carbons (Fsp3) is 0.0769. The number of imide groups is 1. The zero-order valence-electron chi connectivity index (χ0n) is 11.1. The predicted molar refractivity (Wildman–Crippen MR) is 73.7 cm³/mol. The summed E-state index contributed by atoms with van der Waals surface area (Å²) in [4.78, 5) is 45.6. The van der Waals surface area contributed by atoms with Gasteiger partial charge in [-0.15, -0.1) is 0 Å². The SMILES string of the molecule is CN1C(=O)c2cc([N+](=O)[O-])cc3cc([N+](=O)[O-])cc(c23)C1=O. The first-order valence-corrected chi connectivity index (χ1v) is 6.04. The first-order valence-electron chi connectivity index (χ1n) is 6.04. The van der Waals surface area contributed by atoms with Gasteiger partial charge in [0.05, 0.1) is 21.0 Å². The van der Waals surface area contributed by atoms with Gasteiger partial charge in [0.1, 0.15) is 0 Å². The van der Waals surface area contributed by atoms with Crippen LogP contribution in [0.5, 0.6) is 0 Å². The number of hydrogen-bond acceptors (Lipinski definition) is 6. The molecule has 110 valence electrons. The molecule has 0 spiro atoms. The number of amides is 2. The van der Waals surface area contributed by atoms with Crippen LogP contribution in [0.2, 0.25) is 0 Å². The molecule has 9 nitrogen and oxygen atoms in total. The zero-order valence-corrected chi connectivity index (χ0v) is 11.1. The Bertz CT molecular complexity index is 836. The van der Waals surface area contributed by atoms with E-state index < -0.39 is 21.7 Å². The van der Waals surface area contributed by atoms with Gasteiger partial charge in [-0.25, -0.2) is 0 Å². The van der Waals surface area contributed by atoms with Crippen LogP contribution in [0.1, 0.15) is 20.7 Å². The maximum Gasteiger partial charge on any atom is 0.270 e. The van der Waals surface area contributed by atoms with E-state index in [1.807, 2.05) is 0 Å². The van der Waals surface area contributed by atoms with Crippen LogP contribution in [0.3, 0.4) is 0 Å². The van der Waals surface area contributed by atoms with E-state index in [1.165, 1.54) is 7.05 Å². The molecule has 0 fully saturated rings. The molecule has 9 heteroatoms. The summed E-state index contributed by atoms with van der Waals surface area (Å²) >= 11 is 0. The quantitative estimate of drug-likeness (QED) is 0.474. The lowest BCUT2D eigenvalue weighted by Crippen LogP contribution is -2.37. The second-order valence-corrected chi connectivity index (χ2v) is 4.77.